The van der Waals surface area contributed by atoms with E-state index < -0.39 is 10.0 Å². The van der Waals surface area contributed by atoms with Crippen LogP contribution in [0, 0.1) is 0 Å². The summed E-state index contributed by atoms with van der Waals surface area (Å²) >= 11 is 0. The number of piperazine rings is 1. The molecular formula is C13H29N3O2S. The Hall–Kier alpha value is -0.170. The van der Waals surface area contributed by atoms with Crippen molar-refractivity contribution in [3.05, 3.63) is 0 Å². The molecule has 0 atom stereocenters. The van der Waals surface area contributed by atoms with Gasteiger partial charge in [0.2, 0.25) is 10.0 Å². The standard InChI is InChI=1S/C13H29N3O2S/c1-4-14-7-5-6-12-19(17,18)16-10-8-15(9-11-16)13(2)3/h13-14H,4-12H2,1-3H3. The summed E-state index contributed by atoms with van der Waals surface area (Å²) < 4.78 is 26.0. The van der Waals surface area contributed by atoms with Crippen molar-refractivity contribution in [3.8, 4) is 0 Å². The molecule has 1 aliphatic rings. The van der Waals surface area contributed by atoms with Crippen LogP contribution in [0.15, 0.2) is 0 Å². The van der Waals surface area contributed by atoms with Crippen LogP contribution in [0.5, 0.6) is 0 Å². The SMILES string of the molecule is CCNCCCCS(=O)(=O)N1CCN(C(C)C)CC1. The second-order valence-electron chi connectivity index (χ2n) is 5.41. The van der Waals surface area contributed by atoms with Crippen molar-refractivity contribution in [2.45, 2.75) is 39.7 Å². The lowest BCUT2D eigenvalue weighted by Gasteiger charge is -2.36. The summed E-state index contributed by atoms with van der Waals surface area (Å²) in [6, 6.07) is 0.505. The molecule has 0 unspecified atom stereocenters. The van der Waals surface area contributed by atoms with Crippen LogP contribution in [-0.2, 0) is 10.0 Å². The van der Waals surface area contributed by atoms with Gasteiger partial charge >= 0.3 is 0 Å². The molecule has 0 bridgehead atoms. The van der Waals surface area contributed by atoms with Crippen molar-refractivity contribution in [1.82, 2.24) is 14.5 Å². The van der Waals surface area contributed by atoms with Crippen molar-refractivity contribution in [3.63, 3.8) is 0 Å². The molecule has 0 radical (unpaired) electrons. The van der Waals surface area contributed by atoms with Gasteiger partial charge in [-0.2, -0.15) is 4.31 Å². The van der Waals surface area contributed by atoms with Crippen molar-refractivity contribution < 1.29 is 8.42 Å². The summed E-state index contributed by atoms with van der Waals surface area (Å²) in [4.78, 5) is 2.33. The molecule has 0 saturated carbocycles. The van der Waals surface area contributed by atoms with E-state index in [-0.39, 0.29) is 0 Å². The fourth-order valence-electron chi connectivity index (χ4n) is 2.34. The van der Waals surface area contributed by atoms with E-state index in [1.54, 1.807) is 4.31 Å². The van der Waals surface area contributed by atoms with Crippen molar-refractivity contribution >= 4 is 10.0 Å². The minimum absolute atomic E-state index is 0.292. The minimum atomic E-state index is -3.04. The van der Waals surface area contributed by atoms with Gasteiger partial charge < -0.3 is 5.32 Å². The maximum absolute atomic E-state index is 12.2. The molecule has 1 fully saturated rings. The molecule has 6 heteroatoms. The van der Waals surface area contributed by atoms with Gasteiger partial charge in [0.15, 0.2) is 0 Å². The molecule has 1 saturated heterocycles. The minimum Gasteiger partial charge on any atom is -0.317 e. The number of hydrogen-bond donors (Lipinski definition) is 1. The van der Waals surface area contributed by atoms with Gasteiger partial charge in [-0.25, -0.2) is 8.42 Å². The molecule has 0 aromatic rings. The van der Waals surface area contributed by atoms with E-state index in [1.807, 2.05) is 0 Å². The first kappa shape index (κ1) is 16.9. The Kier molecular flexibility index (Phi) is 7.28. The average Bonchev–Trinajstić information content (AvgIpc) is 2.38. The van der Waals surface area contributed by atoms with Crippen LogP contribution in [0.25, 0.3) is 0 Å². The third-order valence-electron chi connectivity index (χ3n) is 3.65. The van der Waals surface area contributed by atoms with E-state index in [2.05, 4.69) is 31.0 Å². The Morgan fingerprint density at radius 2 is 1.74 bits per heavy atom. The lowest BCUT2D eigenvalue weighted by molar-refractivity contribution is 0.154. The van der Waals surface area contributed by atoms with Gasteiger partial charge in [0.25, 0.3) is 0 Å². The largest absolute Gasteiger partial charge is 0.317 e. The maximum atomic E-state index is 12.2. The molecule has 0 amide bonds. The monoisotopic (exact) mass is 291 g/mol. The van der Waals surface area contributed by atoms with Gasteiger partial charge in [-0.05, 0) is 39.8 Å². The van der Waals surface area contributed by atoms with Gasteiger partial charge in [0, 0.05) is 32.2 Å². The normalized spacial score (nSPS) is 19.2. The highest BCUT2D eigenvalue weighted by Crippen LogP contribution is 2.11. The van der Waals surface area contributed by atoms with Crippen LogP contribution in [0.2, 0.25) is 0 Å². The summed E-state index contributed by atoms with van der Waals surface area (Å²) in [6.45, 7) is 11.2. The van der Waals surface area contributed by atoms with E-state index in [4.69, 9.17) is 0 Å². The highest BCUT2D eigenvalue weighted by Gasteiger charge is 2.27. The van der Waals surface area contributed by atoms with E-state index in [9.17, 15) is 8.42 Å². The lowest BCUT2D eigenvalue weighted by Crippen LogP contribution is -2.51. The predicted molar refractivity (Wildman–Crippen MR) is 79.8 cm³/mol. The zero-order valence-corrected chi connectivity index (χ0v) is 13.4. The molecule has 1 aliphatic heterocycles. The third kappa shape index (κ3) is 5.77. The van der Waals surface area contributed by atoms with Crippen LogP contribution in [0.3, 0.4) is 0 Å². The zero-order valence-electron chi connectivity index (χ0n) is 12.6. The summed E-state index contributed by atoms with van der Waals surface area (Å²) in [5.74, 6) is 0.292. The molecule has 5 nitrogen and oxygen atoms in total. The Morgan fingerprint density at radius 1 is 1.11 bits per heavy atom. The summed E-state index contributed by atoms with van der Waals surface area (Å²) in [7, 11) is -3.04. The highest BCUT2D eigenvalue weighted by atomic mass is 32.2. The Morgan fingerprint density at radius 3 is 2.26 bits per heavy atom. The quantitative estimate of drug-likeness (QED) is 0.670. The number of nitrogens with zero attached hydrogens (tertiary/aromatic N) is 2. The van der Waals surface area contributed by atoms with Crippen molar-refractivity contribution in [2.24, 2.45) is 0 Å². The smallest absolute Gasteiger partial charge is 0.214 e. The molecular weight excluding hydrogens is 262 g/mol. The van der Waals surface area contributed by atoms with Gasteiger partial charge in [0.1, 0.15) is 0 Å². The molecule has 114 valence electrons. The van der Waals surface area contributed by atoms with Crippen LogP contribution in [-0.4, -0.2) is 68.7 Å². The molecule has 0 aliphatic carbocycles. The number of unbranched alkanes of at least 4 members (excludes halogenated alkanes) is 1. The first-order valence-corrected chi connectivity index (χ1v) is 9.01. The second kappa shape index (κ2) is 8.19. The Labute approximate surface area is 118 Å². The summed E-state index contributed by atoms with van der Waals surface area (Å²) in [5.41, 5.74) is 0. The van der Waals surface area contributed by atoms with E-state index in [0.29, 0.717) is 24.9 Å². The fraction of sp³-hybridized carbons (Fsp3) is 1.00. The molecule has 0 aromatic carbocycles. The molecule has 1 rings (SSSR count). The number of rotatable bonds is 8. The predicted octanol–water partition coefficient (Wildman–Crippen LogP) is 0.732. The number of sulfonamides is 1. The van der Waals surface area contributed by atoms with Crippen LogP contribution in [0.1, 0.15) is 33.6 Å². The highest BCUT2D eigenvalue weighted by molar-refractivity contribution is 7.89. The van der Waals surface area contributed by atoms with Gasteiger partial charge in [-0.15, -0.1) is 0 Å². The molecule has 0 aromatic heterocycles. The molecule has 1 N–H and O–H groups in total. The third-order valence-corrected chi connectivity index (χ3v) is 5.61. The summed E-state index contributed by atoms with van der Waals surface area (Å²) in [5, 5.41) is 3.22. The van der Waals surface area contributed by atoms with Crippen molar-refractivity contribution in [2.75, 3.05) is 45.0 Å². The molecule has 1 heterocycles. The Bertz CT molecular complexity index is 336. The average molecular weight is 291 g/mol. The summed E-state index contributed by atoms with van der Waals surface area (Å²) in [6.07, 6.45) is 1.68. The second-order valence-corrected chi connectivity index (χ2v) is 7.49. The van der Waals surface area contributed by atoms with Crippen LogP contribution in [0.4, 0.5) is 0 Å². The van der Waals surface area contributed by atoms with E-state index >= 15 is 0 Å². The van der Waals surface area contributed by atoms with Gasteiger partial charge in [-0.3, -0.25) is 4.90 Å². The van der Waals surface area contributed by atoms with Gasteiger partial charge in [0.05, 0.1) is 5.75 Å². The van der Waals surface area contributed by atoms with Crippen molar-refractivity contribution in [1.29, 1.82) is 0 Å². The van der Waals surface area contributed by atoms with E-state index in [0.717, 1.165) is 39.0 Å². The van der Waals surface area contributed by atoms with Gasteiger partial charge in [-0.1, -0.05) is 6.92 Å². The fourth-order valence-corrected chi connectivity index (χ4v) is 3.89. The maximum Gasteiger partial charge on any atom is 0.214 e. The van der Waals surface area contributed by atoms with Crippen LogP contribution >= 0.6 is 0 Å². The lowest BCUT2D eigenvalue weighted by atomic mass is 10.3. The topological polar surface area (TPSA) is 52.7 Å². The number of hydrogen-bond acceptors (Lipinski definition) is 4. The van der Waals surface area contributed by atoms with E-state index in [1.165, 1.54) is 0 Å². The first-order chi connectivity index (χ1) is 8.97. The van der Waals surface area contributed by atoms with Crippen LogP contribution < -0.4 is 5.32 Å². The first-order valence-electron chi connectivity index (χ1n) is 7.40. The molecule has 0 spiro atoms. The Balaban J connectivity index is 2.30. The molecule has 19 heavy (non-hydrogen) atoms. The number of nitrogens with one attached hydrogen (secondary N) is 1. The zero-order chi connectivity index (χ0) is 14.3.